The Morgan fingerprint density at radius 3 is 2.94 bits per heavy atom. The largest absolute Gasteiger partial charge is 0.474 e. The number of hydrogen-bond donors (Lipinski definition) is 1. The first-order valence-electron chi connectivity index (χ1n) is 11.4. The number of aromatic nitrogens is 1. The van der Waals surface area contributed by atoms with Crippen LogP contribution in [-0.2, 0) is 4.84 Å². The number of nitrogens with one attached hydrogen (secondary N) is 1. The number of hydrogen-bond acceptors (Lipinski definition) is 5. The van der Waals surface area contributed by atoms with Crippen LogP contribution in [0.3, 0.4) is 0 Å². The van der Waals surface area contributed by atoms with E-state index in [4.69, 9.17) is 14.6 Å². The van der Waals surface area contributed by atoms with Gasteiger partial charge in [-0.15, -0.1) is 0 Å². The monoisotopic (exact) mass is 426 g/mol. The number of nitrogens with zero attached hydrogens (tertiary/aromatic N) is 3. The van der Waals surface area contributed by atoms with E-state index in [1.165, 1.54) is 0 Å². The van der Waals surface area contributed by atoms with Crippen LogP contribution in [0.4, 0.5) is 0 Å². The maximum Gasteiger partial charge on any atom is 0.221 e. The van der Waals surface area contributed by atoms with Gasteiger partial charge in [0.25, 0.3) is 0 Å². The molecular formula is C25H38N4O2. The second-order valence-electron chi connectivity index (χ2n) is 7.99. The van der Waals surface area contributed by atoms with Gasteiger partial charge < -0.3 is 14.9 Å². The number of aryl methyl sites for hydroxylation is 1. The van der Waals surface area contributed by atoms with Gasteiger partial charge in [-0.2, -0.15) is 0 Å². The molecule has 0 saturated heterocycles. The first kappa shape index (κ1) is 24.6. The minimum atomic E-state index is 0.0672. The zero-order valence-corrected chi connectivity index (χ0v) is 19.9. The quantitative estimate of drug-likeness (QED) is 0.353. The number of aliphatic imine (C=N–C) groups is 1. The Labute approximate surface area is 187 Å². The van der Waals surface area contributed by atoms with Gasteiger partial charge in [-0.3, -0.25) is 4.99 Å². The van der Waals surface area contributed by atoms with Crippen molar-refractivity contribution in [2.24, 2.45) is 10.1 Å². The second-order valence-corrected chi connectivity index (χ2v) is 7.99. The predicted molar refractivity (Wildman–Crippen MR) is 130 cm³/mol. The minimum Gasteiger partial charge on any atom is -0.474 e. The maximum absolute atomic E-state index is 6.31. The van der Waals surface area contributed by atoms with Crippen LogP contribution < -0.4 is 10.1 Å². The predicted octanol–water partition coefficient (Wildman–Crippen LogP) is 5.83. The minimum absolute atomic E-state index is 0.0672. The summed E-state index contributed by atoms with van der Waals surface area (Å²) in [4.78, 5) is 14.7. The summed E-state index contributed by atoms with van der Waals surface area (Å²) in [5.41, 5.74) is 3.36. The molecule has 2 heterocycles. The summed E-state index contributed by atoms with van der Waals surface area (Å²) in [6, 6.07) is 2.11. The van der Waals surface area contributed by atoms with Gasteiger partial charge in [0.1, 0.15) is 5.76 Å². The lowest BCUT2D eigenvalue weighted by Gasteiger charge is -2.23. The number of rotatable bonds is 6. The fourth-order valence-corrected chi connectivity index (χ4v) is 3.57. The van der Waals surface area contributed by atoms with Gasteiger partial charge in [-0.25, -0.2) is 4.98 Å². The van der Waals surface area contributed by atoms with E-state index in [2.05, 4.69) is 49.2 Å². The van der Waals surface area contributed by atoms with E-state index in [0.717, 1.165) is 66.9 Å². The Balaban J connectivity index is 2.47. The van der Waals surface area contributed by atoms with Crippen LogP contribution in [0.15, 0.2) is 40.3 Å². The Morgan fingerprint density at radius 1 is 1.39 bits per heavy atom. The van der Waals surface area contributed by atoms with Crippen LogP contribution in [0.1, 0.15) is 77.8 Å². The molecule has 0 spiro atoms. The molecule has 170 valence electrons. The summed E-state index contributed by atoms with van der Waals surface area (Å²) in [5.74, 6) is 2.55. The van der Waals surface area contributed by atoms with Crippen molar-refractivity contribution >= 4 is 17.6 Å². The Hall–Kier alpha value is -2.63. The topological polar surface area (TPSA) is 68.1 Å². The molecule has 31 heavy (non-hydrogen) atoms. The molecule has 0 aromatic carbocycles. The third-order valence-corrected chi connectivity index (χ3v) is 5.17. The zero-order valence-electron chi connectivity index (χ0n) is 19.9. The lowest BCUT2D eigenvalue weighted by atomic mass is 9.95. The molecular weight excluding hydrogens is 388 g/mol. The molecule has 0 aliphatic carbocycles. The van der Waals surface area contributed by atoms with Crippen LogP contribution in [0.25, 0.3) is 5.57 Å². The molecule has 1 aromatic heterocycles. The average molecular weight is 427 g/mol. The van der Waals surface area contributed by atoms with Gasteiger partial charge in [0.05, 0.1) is 18.0 Å². The molecule has 1 aliphatic rings. The van der Waals surface area contributed by atoms with Crippen LogP contribution >= 0.6 is 0 Å². The highest BCUT2D eigenvalue weighted by Gasteiger charge is 2.22. The van der Waals surface area contributed by atoms with E-state index >= 15 is 0 Å². The third kappa shape index (κ3) is 7.85. The highest BCUT2D eigenvalue weighted by atomic mass is 16.6. The van der Waals surface area contributed by atoms with Crippen molar-refractivity contribution in [3.63, 3.8) is 0 Å². The van der Waals surface area contributed by atoms with Gasteiger partial charge in [0.2, 0.25) is 5.88 Å². The van der Waals surface area contributed by atoms with Crippen LogP contribution in [-0.4, -0.2) is 35.7 Å². The first-order chi connectivity index (χ1) is 15.0. The van der Waals surface area contributed by atoms with Gasteiger partial charge >= 0.3 is 0 Å². The zero-order chi connectivity index (χ0) is 22.6. The maximum atomic E-state index is 6.31. The smallest absolute Gasteiger partial charge is 0.221 e. The molecule has 0 fully saturated rings. The van der Waals surface area contributed by atoms with E-state index in [1.54, 1.807) is 6.21 Å². The van der Waals surface area contributed by atoms with Crippen molar-refractivity contribution in [1.82, 2.24) is 10.3 Å². The highest BCUT2D eigenvalue weighted by molar-refractivity contribution is 5.86. The van der Waals surface area contributed by atoms with Crippen molar-refractivity contribution in [1.29, 1.82) is 0 Å². The molecule has 1 aliphatic heterocycles. The summed E-state index contributed by atoms with van der Waals surface area (Å²) in [6.45, 7) is 13.1. The van der Waals surface area contributed by atoms with Crippen molar-refractivity contribution in [3.05, 3.63) is 41.3 Å². The molecule has 2 rings (SSSR count). The molecule has 1 aromatic rings. The number of pyridine rings is 1. The lowest BCUT2D eigenvalue weighted by molar-refractivity contribution is 0.199. The molecule has 0 saturated carbocycles. The number of oxime groups is 1. The second kappa shape index (κ2) is 12.9. The average Bonchev–Trinajstić information content (AvgIpc) is 2.75. The summed E-state index contributed by atoms with van der Waals surface area (Å²) < 4.78 is 6.31. The highest BCUT2D eigenvalue weighted by Crippen LogP contribution is 2.32. The number of ether oxygens (including phenoxy) is 1. The summed E-state index contributed by atoms with van der Waals surface area (Å²) in [7, 11) is 0. The van der Waals surface area contributed by atoms with Gasteiger partial charge in [0, 0.05) is 30.9 Å². The SMILES string of the molecule is C/C=N/O/C(C)=C/C/C=C1/c2c(C)ccnc2OC(C)CCCC(=NCCC)NC1C. The molecule has 2 atom stereocenters. The van der Waals surface area contributed by atoms with E-state index < -0.39 is 0 Å². The molecule has 0 radical (unpaired) electrons. The van der Waals surface area contributed by atoms with Crippen molar-refractivity contribution in [3.8, 4) is 5.88 Å². The van der Waals surface area contributed by atoms with Gasteiger partial charge in [-0.1, -0.05) is 18.2 Å². The van der Waals surface area contributed by atoms with E-state index in [1.807, 2.05) is 32.2 Å². The molecule has 1 N–H and O–H groups in total. The van der Waals surface area contributed by atoms with Crippen molar-refractivity contribution < 1.29 is 9.57 Å². The van der Waals surface area contributed by atoms with Crippen LogP contribution in [0.2, 0.25) is 0 Å². The Morgan fingerprint density at radius 2 is 2.19 bits per heavy atom. The standard InChI is InChI=1S/C25H38N4O2/c1-7-16-26-23-14-10-11-19(4)30-25-24(18(3)15-17-27-25)22(21(6)29-23)13-9-12-20(5)31-28-8-2/h8,12-13,15,17,19,21H,7,9-11,14,16H2,1-6H3,(H,26,29)/b20-12+,22-13+,28-8+. The fraction of sp³-hybridized carbons (Fsp3) is 0.560. The summed E-state index contributed by atoms with van der Waals surface area (Å²) in [6.07, 6.45) is 12.5. The molecule has 0 bridgehead atoms. The van der Waals surface area contributed by atoms with E-state index in [-0.39, 0.29) is 12.1 Å². The van der Waals surface area contributed by atoms with Crippen LogP contribution in [0.5, 0.6) is 5.88 Å². The Kier molecular flexibility index (Phi) is 10.3. The summed E-state index contributed by atoms with van der Waals surface area (Å²) in [5, 5.41) is 7.52. The third-order valence-electron chi connectivity index (χ3n) is 5.17. The number of amidine groups is 1. The molecule has 2 unspecified atom stereocenters. The van der Waals surface area contributed by atoms with Gasteiger partial charge in [0.15, 0.2) is 0 Å². The Bertz CT molecular complexity index is 827. The lowest BCUT2D eigenvalue weighted by Crippen LogP contribution is -2.34. The van der Waals surface area contributed by atoms with Gasteiger partial charge in [-0.05, 0) is 83.6 Å². The molecule has 0 amide bonds. The first-order valence-corrected chi connectivity index (χ1v) is 11.4. The number of allylic oxidation sites excluding steroid dienone is 3. The molecule has 6 heteroatoms. The van der Waals surface area contributed by atoms with Crippen molar-refractivity contribution in [2.45, 2.75) is 85.8 Å². The summed E-state index contributed by atoms with van der Waals surface area (Å²) >= 11 is 0. The van der Waals surface area contributed by atoms with E-state index in [0.29, 0.717) is 5.88 Å². The normalized spacial score (nSPS) is 23.2. The number of fused-ring (bicyclic) bond motifs is 1. The van der Waals surface area contributed by atoms with Crippen molar-refractivity contribution in [2.75, 3.05) is 6.54 Å². The molecule has 6 nitrogen and oxygen atoms in total. The van der Waals surface area contributed by atoms with E-state index in [9.17, 15) is 0 Å². The fourth-order valence-electron chi connectivity index (χ4n) is 3.57. The van der Waals surface area contributed by atoms with Crippen LogP contribution in [0, 0.1) is 6.92 Å².